The van der Waals surface area contributed by atoms with Crippen LogP contribution < -0.4 is 19.8 Å². The first-order chi connectivity index (χ1) is 18.9. The Morgan fingerprint density at radius 3 is 2.72 bits per heavy atom. The van der Waals surface area contributed by atoms with E-state index in [1.165, 1.54) is 13.3 Å². The monoisotopic (exact) mass is 537 g/mol. The fourth-order valence-electron chi connectivity index (χ4n) is 4.26. The highest BCUT2D eigenvalue weighted by Crippen LogP contribution is 2.36. The van der Waals surface area contributed by atoms with Gasteiger partial charge in [0.2, 0.25) is 11.8 Å². The van der Waals surface area contributed by atoms with Crippen LogP contribution in [-0.4, -0.2) is 70.5 Å². The summed E-state index contributed by atoms with van der Waals surface area (Å²) in [4.78, 5) is 37.2. The number of carbonyl (C=O) groups is 2. The van der Waals surface area contributed by atoms with Crippen LogP contribution in [0.1, 0.15) is 32.3 Å². The molecule has 0 aliphatic carbocycles. The molecule has 2 amide bonds. The van der Waals surface area contributed by atoms with Crippen molar-refractivity contribution in [3.05, 3.63) is 54.5 Å². The smallest absolute Gasteiger partial charge is 0.281 e. The van der Waals surface area contributed by atoms with Crippen LogP contribution in [0, 0.1) is 6.92 Å². The van der Waals surface area contributed by atoms with Gasteiger partial charge >= 0.3 is 0 Å². The lowest BCUT2D eigenvalue weighted by atomic mass is 10.1. The molecule has 1 unspecified atom stereocenters. The van der Waals surface area contributed by atoms with E-state index in [0.717, 1.165) is 17.7 Å². The first kappa shape index (κ1) is 27.9. The maximum atomic E-state index is 13.2. The highest BCUT2D eigenvalue weighted by atomic mass is 16.7. The third-order valence-corrected chi connectivity index (χ3v) is 6.34. The number of aryl methyl sites for hydroxylation is 1. The van der Waals surface area contributed by atoms with Gasteiger partial charge in [-0.15, -0.1) is 0 Å². The highest BCUT2D eigenvalue weighted by molar-refractivity contribution is 5.81. The van der Waals surface area contributed by atoms with E-state index in [2.05, 4.69) is 15.6 Å². The molecule has 0 saturated carbocycles. The van der Waals surface area contributed by atoms with Crippen LogP contribution in [0.3, 0.4) is 0 Å². The molecule has 4 rings (SSSR count). The Morgan fingerprint density at radius 2 is 2.03 bits per heavy atom. The molecular weight excluding hydrogens is 502 g/mol. The van der Waals surface area contributed by atoms with Crippen LogP contribution in [0.15, 0.2) is 48.9 Å². The third kappa shape index (κ3) is 7.26. The predicted molar refractivity (Wildman–Crippen MR) is 143 cm³/mol. The van der Waals surface area contributed by atoms with Crippen molar-refractivity contribution >= 4 is 11.8 Å². The van der Waals surface area contributed by atoms with Crippen LogP contribution in [0.25, 0.3) is 11.1 Å². The summed E-state index contributed by atoms with van der Waals surface area (Å²) in [6, 6.07) is 9.41. The van der Waals surface area contributed by atoms with Crippen LogP contribution in [0.2, 0.25) is 0 Å². The number of hydroxylamine groups is 1. The second kappa shape index (κ2) is 13.1. The Morgan fingerprint density at radius 1 is 1.23 bits per heavy atom. The summed E-state index contributed by atoms with van der Waals surface area (Å²) in [5.41, 5.74) is 4.73. The molecule has 11 nitrogen and oxygen atoms in total. The second-order valence-electron chi connectivity index (χ2n) is 9.53. The quantitative estimate of drug-likeness (QED) is 0.350. The van der Waals surface area contributed by atoms with Crippen molar-refractivity contribution in [2.45, 2.75) is 52.3 Å². The number of nitrogens with zero attached hydrogens (tertiary/aromatic N) is 4. The molecule has 1 fully saturated rings. The van der Waals surface area contributed by atoms with E-state index in [-0.39, 0.29) is 24.4 Å². The van der Waals surface area contributed by atoms with Crippen molar-refractivity contribution in [2.75, 3.05) is 26.9 Å². The zero-order valence-corrected chi connectivity index (χ0v) is 22.8. The summed E-state index contributed by atoms with van der Waals surface area (Å²) in [6.07, 6.45) is 5.78. The minimum atomic E-state index is -0.530. The number of hydrogen-bond donors (Lipinski definition) is 1. The zero-order chi connectivity index (χ0) is 27.8. The lowest BCUT2D eigenvalue weighted by Gasteiger charge is -2.26. The van der Waals surface area contributed by atoms with E-state index in [0.29, 0.717) is 48.9 Å². The molecule has 0 bridgehead atoms. The molecule has 3 aromatic rings. The van der Waals surface area contributed by atoms with Crippen molar-refractivity contribution in [1.82, 2.24) is 25.1 Å². The number of ether oxygens (including phenoxy) is 3. The molecule has 0 spiro atoms. The summed E-state index contributed by atoms with van der Waals surface area (Å²) >= 11 is 0. The predicted octanol–water partition coefficient (Wildman–Crippen LogP) is 3.17. The van der Waals surface area contributed by atoms with Crippen molar-refractivity contribution in [3.63, 3.8) is 0 Å². The third-order valence-electron chi connectivity index (χ3n) is 6.34. The Hall–Kier alpha value is -4.12. The fraction of sp³-hybridized carbons (Fsp3) is 0.429. The van der Waals surface area contributed by atoms with Crippen LogP contribution >= 0.6 is 0 Å². The molecule has 39 heavy (non-hydrogen) atoms. The number of hydrogen-bond acceptors (Lipinski definition) is 8. The number of benzene rings is 1. The van der Waals surface area contributed by atoms with Crippen LogP contribution in [0.4, 0.5) is 0 Å². The SMILES string of the molecule is COc1nccc(ONC(=O)C2CCCO2)c1-c1cnn(CC(=O)N(CCOc2ccc(C)cc2)C(C)C)c1. The zero-order valence-electron chi connectivity index (χ0n) is 22.8. The van der Waals surface area contributed by atoms with Crippen molar-refractivity contribution < 1.29 is 28.6 Å². The van der Waals surface area contributed by atoms with E-state index >= 15 is 0 Å². The Kier molecular flexibility index (Phi) is 9.37. The summed E-state index contributed by atoms with van der Waals surface area (Å²) < 4.78 is 18.2. The maximum Gasteiger partial charge on any atom is 0.281 e. The molecule has 1 N–H and O–H groups in total. The molecule has 1 aliphatic rings. The molecule has 3 heterocycles. The normalized spacial score (nSPS) is 14.7. The maximum absolute atomic E-state index is 13.2. The van der Waals surface area contributed by atoms with Gasteiger partial charge in [-0.05, 0) is 45.7 Å². The van der Waals surface area contributed by atoms with Crippen LogP contribution in [-0.2, 0) is 20.9 Å². The van der Waals surface area contributed by atoms with Gasteiger partial charge in [-0.25, -0.2) is 4.98 Å². The second-order valence-corrected chi connectivity index (χ2v) is 9.53. The lowest BCUT2D eigenvalue weighted by Crippen LogP contribution is -2.41. The van der Waals surface area contributed by atoms with E-state index in [9.17, 15) is 9.59 Å². The van der Waals surface area contributed by atoms with E-state index in [1.54, 1.807) is 28.0 Å². The number of methoxy groups -OCH3 is 1. The largest absolute Gasteiger partial charge is 0.492 e. The molecule has 1 atom stereocenters. The molecular formula is C28H35N5O6. The van der Waals surface area contributed by atoms with Gasteiger partial charge in [-0.2, -0.15) is 10.6 Å². The number of carbonyl (C=O) groups excluding carboxylic acids is 2. The topological polar surface area (TPSA) is 117 Å². The number of aromatic nitrogens is 3. The Bertz CT molecular complexity index is 1250. The minimum Gasteiger partial charge on any atom is -0.492 e. The van der Waals surface area contributed by atoms with Gasteiger partial charge in [-0.1, -0.05) is 17.7 Å². The van der Waals surface area contributed by atoms with Crippen molar-refractivity contribution in [2.24, 2.45) is 0 Å². The van der Waals surface area contributed by atoms with Gasteiger partial charge in [0, 0.05) is 36.7 Å². The lowest BCUT2D eigenvalue weighted by molar-refractivity contribution is -0.137. The van der Waals surface area contributed by atoms with Gasteiger partial charge in [0.25, 0.3) is 5.91 Å². The van der Waals surface area contributed by atoms with Gasteiger partial charge < -0.3 is 23.9 Å². The van der Waals surface area contributed by atoms with E-state index < -0.39 is 6.10 Å². The fourth-order valence-corrected chi connectivity index (χ4v) is 4.26. The number of rotatable bonds is 12. The van der Waals surface area contributed by atoms with Crippen molar-refractivity contribution in [1.29, 1.82) is 0 Å². The van der Waals surface area contributed by atoms with Gasteiger partial charge in [0.15, 0.2) is 5.75 Å². The van der Waals surface area contributed by atoms with Gasteiger partial charge in [-0.3, -0.25) is 14.3 Å². The van der Waals surface area contributed by atoms with E-state index in [1.807, 2.05) is 45.0 Å². The van der Waals surface area contributed by atoms with Crippen molar-refractivity contribution in [3.8, 4) is 28.5 Å². The minimum absolute atomic E-state index is 0.0139. The molecule has 11 heteroatoms. The average Bonchev–Trinajstić information content (AvgIpc) is 3.63. The summed E-state index contributed by atoms with van der Waals surface area (Å²) in [5.74, 6) is 0.947. The molecule has 0 radical (unpaired) electrons. The summed E-state index contributed by atoms with van der Waals surface area (Å²) in [7, 11) is 1.49. The van der Waals surface area contributed by atoms with Gasteiger partial charge in [0.05, 0.1) is 25.4 Å². The van der Waals surface area contributed by atoms with E-state index in [4.69, 9.17) is 19.0 Å². The Balaban J connectivity index is 1.41. The molecule has 2 aromatic heterocycles. The Labute approximate surface area is 228 Å². The molecule has 1 aromatic carbocycles. The summed E-state index contributed by atoms with van der Waals surface area (Å²) in [6.45, 7) is 7.36. The van der Waals surface area contributed by atoms with Crippen LogP contribution in [0.5, 0.6) is 17.4 Å². The molecule has 208 valence electrons. The number of nitrogens with one attached hydrogen (secondary N) is 1. The molecule has 1 saturated heterocycles. The van der Waals surface area contributed by atoms with Gasteiger partial charge in [0.1, 0.15) is 25.0 Å². The first-order valence-electron chi connectivity index (χ1n) is 13.0. The first-order valence-corrected chi connectivity index (χ1v) is 13.0. The number of pyridine rings is 1. The average molecular weight is 538 g/mol. The highest BCUT2D eigenvalue weighted by Gasteiger charge is 2.25. The molecule has 1 aliphatic heterocycles. The summed E-state index contributed by atoms with van der Waals surface area (Å²) in [5, 5.41) is 4.38. The number of amides is 2. The standard InChI is InChI=1S/C28H35N5O6/c1-19(2)33(13-15-37-22-9-7-20(3)8-10-22)25(34)18-32-17-21(16-30-32)26-23(11-12-29-28(26)36-4)39-31-27(35)24-6-5-14-38-24/h7-12,16-17,19,24H,5-6,13-15,18H2,1-4H3,(H,31,35).